The highest BCUT2D eigenvalue weighted by Gasteiger charge is 2.38. The first-order valence-corrected chi connectivity index (χ1v) is 6.39. The van der Waals surface area contributed by atoms with Gasteiger partial charge >= 0.3 is 0 Å². The van der Waals surface area contributed by atoms with Crippen LogP contribution in [0.3, 0.4) is 0 Å². The summed E-state index contributed by atoms with van der Waals surface area (Å²) in [6.45, 7) is 1.04. The lowest BCUT2D eigenvalue weighted by atomic mass is 9.95. The van der Waals surface area contributed by atoms with Crippen LogP contribution >= 0.6 is 0 Å². The molecule has 1 aromatic heterocycles. The lowest BCUT2D eigenvalue weighted by Crippen LogP contribution is -2.35. The number of aromatic nitrogens is 3. The monoisotopic (exact) mass is 220 g/mol. The van der Waals surface area contributed by atoms with Gasteiger partial charge in [0.25, 0.3) is 0 Å². The zero-order chi connectivity index (χ0) is 11.0. The minimum atomic E-state index is 0.784. The van der Waals surface area contributed by atoms with E-state index in [1.807, 2.05) is 11.6 Å². The third-order valence-corrected chi connectivity index (χ3v) is 4.30. The quantitative estimate of drug-likeness (QED) is 0.827. The third kappa shape index (κ3) is 1.86. The van der Waals surface area contributed by atoms with E-state index in [2.05, 4.69) is 15.5 Å². The van der Waals surface area contributed by atoms with Gasteiger partial charge in [-0.3, -0.25) is 0 Å². The molecule has 0 aliphatic heterocycles. The Morgan fingerprint density at radius 3 is 3.00 bits per heavy atom. The normalized spacial score (nSPS) is 32.4. The van der Waals surface area contributed by atoms with Crippen molar-refractivity contribution in [2.75, 3.05) is 6.54 Å². The summed E-state index contributed by atoms with van der Waals surface area (Å²) in [4.78, 5) is 0. The summed E-state index contributed by atoms with van der Waals surface area (Å²) >= 11 is 0. The molecule has 1 N–H and O–H groups in total. The summed E-state index contributed by atoms with van der Waals surface area (Å²) in [6.07, 6.45) is 8.57. The third-order valence-electron chi connectivity index (χ3n) is 4.30. The van der Waals surface area contributed by atoms with Crippen molar-refractivity contribution in [2.45, 2.75) is 38.1 Å². The second-order valence-corrected chi connectivity index (χ2v) is 5.34. The predicted molar refractivity (Wildman–Crippen MR) is 61.9 cm³/mol. The molecular weight excluding hydrogens is 200 g/mol. The molecule has 2 aliphatic rings. The van der Waals surface area contributed by atoms with Gasteiger partial charge in [-0.2, -0.15) is 0 Å². The Morgan fingerprint density at radius 2 is 2.38 bits per heavy atom. The van der Waals surface area contributed by atoms with Crippen molar-refractivity contribution in [3.8, 4) is 0 Å². The molecular formula is C12H20N4. The summed E-state index contributed by atoms with van der Waals surface area (Å²) in [5.41, 5.74) is 0. The van der Waals surface area contributed by atoms with Crippen LogP contribution < -0.4 is 5.32 Å². The van der Waals surface area contributed by atoms with Crippen molar-refractivity contribution >= 4 is 0 Å². The van der Waals surface area contributed by atoms with E-state index in [1.54, 1.807) is 6.33 Å². The number of nitrogens with one attached hydrogen (secondary N) is 1. The van der Waals surface area contributed by atoms with Gasteiger partial charge in [0.15, 0.2) is 0 Å². The highest BCUT2D eigenvalue weighted by atomic mass is 15.2. The van der Waals surface area contributed by atoms with E-state index in [0.717, 1.165) is 36.7 Å². The fourth-order valence-corrected chi connectivity index (χ4v) is 3.40. The zero-order valence-electron chi connectivity index (χ0n) is 9.89. The second kappa shape index (κ2) is 4.17. The number of fused-ring (bicyclic) bond motifs is 2. The molecule has 0 spiro atoms. The van der Waals surface area contributed by atoms with Crippen LogP contribution in [0.2, 0.25) is 0 Å². The number of nitrogens with zero attached hydrogens (tertiary/aromatic N) is 3. The molecule has 3 rings (SSSR count). The fourth-order valence-electron chi connectivity index (χ4n) is 3.40. The standard InChI is InChI=1S/C12H20N4/c1-16-8-14-15-12(16)4-5-13-11-7-9-2-3-10(11)6-9/h8-11,13H,2-7H2,1H3. The Hall–Kier alpha value is -0.900. The molecule has 0 saturated heterocycles. The van der Waals surface area contributed by atoms with Gasteiger partial charge in [-0.05, 0) is 31.1 Å². The minimum Gasteiger partial charge on any atom is -0.321 e. The zero-order valence-corrected chi connectivity index (χ0v) is 9.89. The van der Waals surface area contributed by atoms with Crippen molar-refractivity contribution in [1.29, 1.82) is 0 Å². The van der Waals surface area contributed by atoms with Crippen molar-refractivity contribution in [2.24, 2.45) is 18.9 Å². The molecule has 1 heterocycles. The van der Waals surface area contributed by atoms with Gasteiger partial charge in [0.2, 0.25) is 0 Å². The van der Waals surface area contributed by atoms with Crippen LogP contribution in [0.4, 0.5) is 0 Å². The van der Waals surface area contributed by atoms with Crippen molar-refractivity contribution in [1.82, 2.24) is 20.1 Å². The molecule has 16 heavy (non-hydrogen) atoms. The summed E-state index contributed by atoms with van der Waals surface area (Å²) in [5.74, 6) is 3.07. The molecule has 3 atom stereocenters. The molecule has 0 amide bonds. The van der Waals surface area contributed by atoms with Crippen molar-refractivity contribution < 1.29 is 0 Å². The van der Waals surface area contributed by atoms with Crippen LogP contribution in [0.15, 0.2) is 6.33 Å². The van der Waals surface area contributed by atoms with E-state index < -0.39 is 0 Å². The molecule has 3 unspecified atom stereocenters. The van der Waals surface area contributed by atoms with E-state index in [-0.39, 0.29) is 0 Å². The number of hydrogen-bond donors (Lipinski definition) is 1. The first kappa shape index (κ1) is 10.3. The molecule has 2 saturated carbocycles. The molecule has 1 aromatic rings. The number of aryl methyl sites for hydroxylation is 1. The number of rotatable bonds is 4. The van der Waals surface area contributed by atoms with Crippen molar-refractivity contribution in [3.63, 3.8) is 0 Å². The molecule has 88 valence electrons. The van der Waals surface area contributed by atoms with Crippen molar-refractivity contribution in [3.05, 3.63) is 12.2 Å². The van der Waals surface area contributed by atoms with Gasteiger partial charge in [-0.15, -0.1) is 10.2 Å². The predicted octanol–water partition coefficient (Wildman–Crippen LogP) is 1.14. The van der Waals surface area contributed by atoms with Gasteiger partial charge in [-0.25, -0.2) is 0 Å². The highest BCUT2D eigenvalue weighted by Crippen LogP contribution is 2.44. The van der Waals surface area contributed by atoms with Gasteiger partial charge in [0.05, 0.1) is 0 Å². The molecule has 2 bridgehead atoms. The van der Waals surface area contributed by atoms with Crippen LogP contribution in [0.5, 0.6) is 0 Å². The lowest BCUT2D eigenvalue weighted by molar-refractivity contribution is 0.353. The maximum Gasteiger partial charge on any atom is 0.133 e. The first-order valence-electron chi connectivity index (χ1n) is 6.39. The molecule has 2 aliphatic carbocycles. The molecule has 2 fully saturated rings. The SMILES string of the molecule is Cn1cnnc1CCNC1CC2CCC1C2. The average Bonchev–Trinajstić information content (AvgIpc) is 2.96. The van der Waals surface area contributed by atoms with E-state index in [1.165, 1.54) is 25.7 Å². The average molecular weight is 220 g/mol. The van der Waals surface area contributed by atoms with Gasteiger partial charge < -0.3 is 9.88 Å². The Labute approximate surface area is 96.4 Å². The molecule has 4 heteroatoms. The van der Waals surface area contributed by atoms with E-state index >= 15 is 0 Å². The summed E-state index contributed by atoms with van der Waals surface area (Å²) in [6, 6.07) is 0.784. The van der Waals surface area contributed by atoms with Gasteiger partial charge in [0, 0.05) is 26.1 Å². The minimum absolute atomic E-state index is 0.784. The van der Waals surface area contributed by atoms with Crippen LogP contribution in [-0.2, 0) is 13.5 Å². The van der Waals surface area contributed by atoms with Gasteiger partial charge in [0.1, 0.15) is 12.2 Å². The lowest BCUT2D eigenvalue weighted by Gasteiger charge is -2.22. The molecule has 0 radical (unpaired) electrons. The van der Waals surface area contributed by atoms with Crippen LogP contribution in [-0.4, -0.2) is 27.4 Å². The van der Waals surface area contributed by atoms with E-state index in [0.29, 0.717) is 0 Å². The van der Waals surface area contributed by atoms with Crippen LogP contribution in [0.25, 0.3) is 0 Å². The van der Waals surface area contributed by atoms with E-state index in [9.17, 15) is 0 Å². The largest absolute Gasteiger partial charge is 0.321 e. The smallest absolute Gasteiger partial charge is 0.133 e. The Balaban J connectivity index is 1.46. The first-order chi connectivity index (χ1) is 7.83. The van der Waals surface area contributed by atoms with Crippen LogP contribution in [0.1, 0.15) is 31.5 Å². The molecule has 0 aromatic carbocycles. The fraction of sp³-hybridized carbons (Fsp3) is 0.833. The Bertz CT molecular complexity index is 360. The molecule has 4 nitrogen and oxygen atoms in total. The van der Waals surface area contributed by atoms with Gasteiger partial charge in [-0.1, -0.05) is 6.42 Å². The maximum atomic E-state index is 4.10. The summed E-state index contributed by atoms with van der Waals surface area (Å²) in [7, 11) is 2.01. The second-order valence-electron chi connectivity index (χ2n) is 5.34. The Kier molecular flexibility index (Phi) is 2.67. The summed E-state index contributed by atoms with van der Waals surface area (Å²) in [5, 5.41) is 11.7. The van der Waals surface area contributed by atoms with E-state index in [4.69, 9.17) is 0 Å². The highest BCUT2D eigenvalue weighted by molar-refractivity contribution is 4.95. The maximum absolute atomic E-state index is 4.10. The summed E-state index contributed by atoms with van der Waals surface area (Å²) < 4.78 is 2.00. The van der Waals surface area contributed by atoms with Crippen LogP contribution in [0, 0.1) is 11.8 Å². The Morgan fingerprint density at radius 1 is 1.44 bits per heavy atom. The topological polar surface area (TPSA) is 42.7 Å². The number of hydrogen-bond acceptors (Lipinski definition) is 3.